The van der Waals surface area contributed by atoms with Crippen molar-refractivity contribution in [3.05, 3.63) is 46.3 Å². The minimum Gasteiger partial charge on any atom is -0.365 e. The third-order valence-corrected chi connectivity index (χ3v) is 4.45. The number of nitrogens with zero attached hydrogens (tertiary/aromatic N) is 3. The van der Waals surface area contributed by atoms with Crippen molar-refractivity contribution < 1.29 is 9.66 Å². The van der Waals surface area contributed by atoms with Gasteiger partial charge < -0.3 is 9.64 Å². The zero-order chi connectivity index (χ0) is 18.0. The summed E-state index contributed by atoms with van der Waals surface area (Å²) in [5, 5.41) is 18.8. The Balaban J connectivity index is 2.39. The molecule has 7 nitrogen and oxygen atoms in total. The summed E-state index contributed by atoms with van der Waals surface area (Å²) in [6.07, 6.45) is 8.13. The molecule has 7 heteroatoms. The number of hydrogen-bond acceptors (Lipinski definition) is 5. The molecule has 0 amide bonds. The lowest BCUT2D eigenvalue weighted by molar-refractivity contribution is -0.585. The van der Waals surface area contributed by atoms with Crippen LogP contribution < -0.4 is 0 Å². The average molecular weight is 334 g/mol. The molecule has 0 saturated carbocycles. The second kappa shape index (κ2) is 6.86. The van der Waals surface area contributed by atoms with Crippen molar-refractivity contribution in [3.8, 4) is 0 Å². The highest BCUT2D eigenvalue weighted by atomic mass is 16.6. The Kier molecular flexibility index (Phi) is 5.25. The SMILES string of the molecule is CN(C)CCOC1C=C(c2cn[nH]c2)C=CC1([N+](=O)[O-])C(C)(C)C. The molecular weight excluding hydrogens is 308 g/mol. The number of ether oxygens (including phenoxy) is 1. The van der Waals surface area contributed by atoms with E-state index >= 15 is 0 Å². The molecule has 0 bridgehead atoms. The second-order valence-electron chi connectivity index (χ2n) is 7.37. The normalized spacial score (nSPS) is 24.2. The van der Waals surface area contributed by atoms with Crippen LogP contribution in [0, 0.1) is 15.5 Å². The smallest absolute Gasteiger partial charge is 0.274 e. The summed E-state index contributed by atoms with van der Waals surface area (Å²) in [4.78, 5) is 13.8. The van der Waals surface area contributed by atoms with E-state index in [1.807, 2.05) is 45.8 Å². The molecule has 0 spiro atoms. The average Bonchev–Trinajstić information content (AvgIpc) is 2.99. The summed E-state index contributed by atoms with van der Waals surface area (Å²) in [6.45, 7) is 6.75. The highest BCUT2D eigenvalue weighted by Crippen LogP contribution is 2.43. The van der Waals surface area contributed by atoms with Crippen LogP contribution in [0.1, 0.15) is 26.3 Å². The summed E-state index contributed by atoms with van der Waals surface area (Å²) >= 11 is 0. The van der Waals surface area contributed by atoms with Gasteiger partial charge in [0.05, 0.1) is 12.8 Å². The Morgan fingerprint density at radius 1 is 1.46 bits per heavy atom. The zero-order valence-electron chi connectivity index (χ0n) is 14.9. The van der Waals surface area contributed by atoms with Crippen LogP contribution in [0.5, 0.6) is 0 Å². The topological polar surface area (TPSA) is 84.3 Å². The lowest BCUT2D eigenvalue weighted by Gasteiger charge is -2.40. The molecule has 1 N–H and O–H groups in total. The Hall–Kier alpha value is -1.99. The van der Waals surface area contributed by atoms with Crippen molar-refractivity contribution in [2.75, 3.05) is 27.2 Å². The Bertz CT molecular complexity index is 629. The van der Waals surface area contributed by atoms with Crippen molar-refractivity contribution in [3.63, 3.8) is 0 Å². The first-order chi connectivity index (χ1) is 11.2. The van der Waals surface area contributed by atoms with Crippen LogP contribution in [-0.2, 0) is 4.74 Å². The summed E-state index contributed by atoms with van der Waals surface area (Å²) in [6, 6.07) is 0. The lowest BCUT2D eigenvalue weighted by Crippen LogP contribution is -2.58. The molecule has 2 rings (SSSR count). The molecule has 1 aromatic rings. The monoisotopic (exact) mass is 334 g/mol. The van der Waals surface area contributed by atoms with Crippen molar-refractivity contribution >= 4 is 5.57 Å². The molecule has 1 aromatic heterocycles. The largest absolute Gasteiger partial charge is 0.365 e. The van der Waals surface area contributed by atoms with Crippen LogP contribution in [0.4, 0.5) is 0 Å². The van der Waals surface area contributed by atoms with E-state index in [1.54, 1.807) is 24.5 Å². The first kappa shape index (κ1) is 18.4. The summed E-state index contributed by atoms with van der Waals surface area (Å²) in [5.41, 5.74) is -0.153. The van der Waals surface area contributed by atoms with Crippen LogP contribution in [0.2, 0.25) is 0 Å². The minimum absolute atomic E-state index is 0.216. The number of rotatable bonds is 6. The van der Waals surface area contributed by atoms with Crippen LogP contribution in [0.15, 0.2) is 30.6 Å². The molecule has 0 aliphatic heterocycles. The van der Waals surface area contributed by atoms with Crippen LogP contribution >= 0.6 is 0 Å². The van der Waals surface area contributed by atoms with Gasteiger partial charge in [0.25, 0.3) is 5.54 Å². The van der Waals surface area contributed by atoms with E-state index < -0.39 is 17.1 Å². The fourth-order valence-electron chi connectivity index (χ4n) is 2.91. The number of aromatic amines is 1. The lowest BCUT2D eigenvalue weighted by atomic mass is 9.68. The summed E-state index contributed by atoms with van der Waals surface area (Å²) in [7, 11) is 3.89. The second-order valence-corrected chi connectivity index (χ2v) is 7.37. The van der Waals surface area contributed by atoms with Crippen molar-refractivity contribution in [1.29, 1.82) is 0 Å². The van der Waals surface area contributed by atoms with Gasteiger partial charge in [0.15, 0.2) is 6.10 Å². The predicted octanol–water partition coefficient (Wildman–Crippen LogP) is 2.37. The first-order valence-electron chi connectivity index (χ1n) is 7.99. The first-order valence-corrected chi connectivity index (χ1v) is 7.99. The fourth-order valence-corrected chi connectivity index (χ4v) is 2.91. The molecule has 0 radical (unpaired) electrons. The number of aromatic nitrogens is 2. The molecule has 24 heavy (non-hydrogen) atoms. The van der Waals surface area contributed by atoms with Crippen molar-refractivity contribution in [1.82, 2.24) is 15.1 Å². The third kappa shape index (κ3) is 3.42. The maximum atomic E-state index is 12.0. The number of nitrogens with one attached hydrogen (secondary N) is 1. The number of H-pyrrole nitrogens is 1. The van der Waals surface area contributed by atoms with Crippen LogP contribution in [-0.4, -0.2) is 58.9 Å². The molecule has 2 atom stereocenters. The number of hydrogen-bond donors (Lipinski definition) is 1. The van der Waals surface area contributed by atoms with E-state index in [4.69, 9.17) is 4.74 Å². The Morgan fingerprint density at radius 2 is 2.17 bits per heavy atom. The molecular formula is C17H26N4O3. The number of nitro groups is 1. The molecule has 0 saturated heterocycles. The van der Waals surface area contributed by atoms with E-state index in [2.05, 4.69) is 10.2 Å². The van der Waals surface area contributed by atoms with E-state index in [1.165, 1.54) is 0 Å². The van der Waals surface area contributed by atoms with Gasteiger partial charge in [-0.05, 0) is 31.8 Å². The molecule has 1 heterocycles. The number of likely N-dealkylation sites (N-methyl/N-ethyl adjacent to an activating group) is 1. The molecule has 132 valence electrons. The molecule has 1 aliphatic rings. The van der Waals surface area contributed by atoms with Gasteiger partial charge in [-0.3, -0.25) is 15.2 Å². The fraction of sp³-hybridized carbons (Fsp3) is 0.588. The third-order valence-electron chi connectivity index (χ3n) is 4.45. The predicted molar refractivity (Wildman–Crippen MR) is 93.2 cm³/mol. The van der Waals surface area contributed by atoms with Gasteiger partial charge in [-0.1, -0.05) is 26.8 Å². The zero-order valence-corrected chi connectivity index (χ0v) is 14.9. The van der Waals surface area contributed by atoms with E-state index in [0.29, 0.717) is 13.2 Å². The van der Waals surface area contributed by atoms with Crippen LogP contribution in [0.3, 0.4) is 0 Å². The number of allylic oxidation sites excluding steroid dienone is 2. The van der Waals surface area contributed by atoms with E-state index in [-0.39, 0.29) is 4.92 Å². The molecule has 0 aromatic carbocycles. The summed E-state index contributed by atoms with van der Waals surface area (Å²) < 4.78 is 5.98. The van der Waals surface area contributed by atoms with Gasteiger partial charge in [-0.15, -0.1) is 0 Å². The van der Waals surface area contributed by atoms with Gasteiger partial charge in [0, 0.05) is 28.6 Å². The van der Waals surface area contributed by atoms with Gasteiger partial charge >= 0.3 is 0 Å². The van der Waals surface area contributed by atoms with Crippen LogP contribution in [0.25, 0.3) is 5.57 Å². The van der Waals surface area contributed by atoms with Gasteiger partial charge in [-0.2, -0.15) is 5.10 Å². The van der Waals surface area contributed by atoms with Gasteiger partial charge in [-0.25, -0.2) is 0 Å². The Labute approximate surface area is 142 Å². The van der Waals surface area contributed by atoms with Crippen molar-refractivity contribution in [2.45, 2.75) is 32.4 Å². The molecule has 0 fully saturated rings. The van der Waals surface area contributed by atoms with Crippen molar-refractivity contribution in [2.24, 2.45) is 5.41 Å². The Morgan fingerprint density at radius 3 is 2.67 bits per heavy atom. The maximum absolute atomic E-state index is 12.0. The van der Waals surface area contributed by atoms with E-state index in [0.717, 1.165) is 11.1 Å². The quantitative estimate of drug-likeness (QED) is 0.638. The maximum Gasteiger partial charge on any atom is 0.274 e. The van der Waals surface area contributed by atoms with Gasteiger partial charge in [0.2, 0.25) is 0 Å². The highest BCUT2D eigenvalue weighted by molar-refractivity contribution is 5.75. The van der Waals surface area contributed by atoms with Gasteiger partial charge in [0.1, 0.15) is 0 Å². The molecule has 2 unspecified atom stereocenters. The van der Waals surface area contributed by atoms with E-state index in [9.17, 15) is 10.1 Å². The summed E-state index contributed by atoms with van der Waals surface area (Å²) in [5.74, 6) is 0. The molecule has 1 aliphatic carbocycles. The standard InChI is InChI=1S/C17H26N4O3/c1-16(2,3)17(21(22)23)7-6-13(14-11-18-19-12-14)10-15(17)24-9-8-20(4)5/h6-7,10-12,15H,8-9H2,1-5H3,(H,18,19). The highest BCUT2D eigenvalue weighted by Gasteiger charge is 2.58. The minimum atomic E-state index is -1.31.